The molecule has 0 bridgehead atoms. The summed E-state index contributed by atoms with van der Waals surface area (Å²) in [5.41, 5.74) is 18.2. The predicted molar refractivity (Wildman–Crippen MR) is 187 cm³/mol. The van der Waals surface area contributed by atoms with Crippen LogP contribution >= 0.6 is 0 Å². The Morgan fingerprint density at radius 2 is 1.29 bits per heavy atom. The second kappa shape index (κ2) is 19.0. The van der Waals surface area contributed by atoms with Gasteiger partial charge >= 0.3 is 5.97 Å². The van der Waals surface area contributed by atoms with E-state index in [9.17, 15) is 29.1 Å². The first-order valence-corrected chi connectivity index (χ1v) is 17.1. The van der Waals surface area contributed by atoms with E-state index in [1.165, 1.54) is 4.90 Å². The van der Waals surface area contributed by atoms with Gasteiger partial charge in [0.15, 0.2) is 0 Å². The molecule has 0 radical (unpaired) electrons. The van der Waals surface area contributed by atoms with Crippen molar-refractivity contribution in [3.8, 4) is 0 Å². The molecular weight excluding hydrogens is 626 g/mol. The highest BCUT2D eigenvalue weighted by atomic mass is 16.4. The molecule has 0 aliphatic carbocycles. The van der Waals surface area contributed by atoms with Gasteiger partial charge in [-0.3, -0.25) is 24.0 Å². The molecule has 4 amide bonds. The van der Waals surface area contributed by atoms with Crippen molar-refractivity contribution in [3.05, 3.63) is 71.8 Å². The number of amides is 4. The first kappa shape index (κ1) is 39.1. The van der Waals surface area contributed by atoms with Crippen LogP contribution in [0, 0.1) is 5.92 Å². The fraction of sp³-hybridized carbons (Fsp3) is 0.528. The lowest BCUT2D eigenvalue weighted by atomic mass is 9.88. The molecule has 3 rings (SSSR count). The number of aliphatic carboxylic acids is 1. The number of hydrogen-bond acceptors (Lipinski definition) is 8. The highest BCUT2D eigenvalue weighted by Gasteiger charge is 2.40. The molecule has 1 heterocycles. The third-order valence-corrected chi connectivity index (χ3v) is 8.85. The largest absolute Gasteiger partial charge is 0.480 e. The van der Waals surface area contributed by atoms with E-state index in [0.29, 0.717) is 25.8 Å². The van der Waals surface area contributed by atoms with Crippen molar-refractivity contribution in [2.75, 3.05) is 19.6 Å². The molecule has 0 aromatic heterocycles. The van der Waals surface area contributed by atoms with E-state index >= 15 is 0 Å². The lowest BCUT2D eigenvalue weighted by Gasteiger charge is -2.38. The summed E-state index contributed by atoms with van der Waals surface area (Å²) in [6.07, 6.45) is 2.44. The molecule has 4 atom stereocenters. The molecule has 2 aromatic rings. The van der Waals surface area contributed by atoms with Crippen LogP contribution in [0.5, 0.6) is 0 Å². The number of piperidine rings is 1. The molecule has 268 valence electrons. The lowest BCUT2D eigenvalue weighted by molar-refractivity contribution is -0.148. The van der Waals surface area contributed by atoms with E-state index in [4.69, 9.17) is 17.2 Å². The van der Waals surface area contributed by atoms with E-state index in [0.717, 1.165) is 11.1 Å². The number of unbranched alkanes of at least 4 members (excludes halogenated alkanes) is 1. The summed E-state index contributed by atoms with van der Waals surface area (Å²) in [5, 5.41) is 18.0. The Hall–Kier alpha value is -4.33. The predicted octanol–water partition coefficient (Wildman–Crippen LogP) is 0.833. The second-order valence-electron chi connectivity index (χ2n) is 13.4. The van der Waals surface area contributed by atoms with Gasteiger partial charge in [0.05, 0.1) is 6.04 Å². The van der Waals surface area contributed by atoms with Crippen LogP contribution in [0.2, 0.25) is 0 Å². The van der Waals surface area contributed by atoms with Gasteiger partial charge in [0.2, 0.25) is 23.6 Å². The molecule has 1 aliphatic heterocycles. The smallest absolute Gasteiger partial charge is 0.323 e. The normalized spacial score (nSPS) is 16.6. The van der Waals surface area contributed by atoms with Crippen molar-refractivity contribution in [3.63, 3.8) is 0 Å². The average molecular weight is 680 g/mol. The monoisotopic (exact) mass is 679 g/mol. The molecule has 1 aliphatic rings. The number of nitrogens with two attached hydrogens (primary N) is 3. The van der Waals surface area contributed by atoms with Gasteiger partial charge in [-0.1, -0.05) is 74.5 Å². The number of nitrogens with one attached hydrogen (secondary N) is 3. The topological polar surface area (TPSA) is 223 Å². The Bertz CT molecular complexity index is 1380. The minimum atomic E-state index is -1.40. The first-order chi connectivity index (χ1) is 23.3. The van der Waals surface area contributed by atoms with Crippen LogP contribution in [-0.2, 0) is 36.8 Å². The summed E-state index contributed by atoms with van der Waals surface area (Å²) in [7, 11) is 0. The van der Waals surface area contributed by atoms with Crippen molar-refractivity contribution in [2.24, 2.45) is 23.1 Å². The van der Waals surface area contributed by atoms with Crippen LogP contribution in [0.25, 0.3) is 0 Å². The number of benzene rings is 2. The number of carboxylic acid groups (broad SMARTS) is 1. The van der Waals surface area contributed by atoms with Gasteiger partial charge < -0.3 is 43.2 Å². The third-order valence-electron chi connectivity index (χ3n) is 8.85. The summed E-state index contributed by atoms with van der Waals surface area (Å²) >= 11 is 0. The van der Waals surface area contributed by atoms with Crippen LogP contribution in [-0.4, -0.2) is 88.9 Å². The fourth-order valence-electron chi connectivity index (χ4n) is 5.86. The number of carboxylic acids is 1. The number of nitrogens with zero attached hydrogens (tertiary/aromatic N) is 1. The molecule has 13 nitrogen and oxygen atoms in total. The van der Waals surface area contributed by atoms with Gasteiger partial charge in [0.1, 0.15) is 23.7 Å². The lowest BCUT2D eigenvalue weighted by Crippen LogP contribution is -2.60. The van der Waals surface area contributed by atoms with Crippen LogP contribution in [0.4, 0.5) is 0 Å². The highest BCUT2D eigenvalue weighted by molar-refractivity contribution is 5.95. The SMILES string of the molecule is CC(C)C[C@@H](NC(=O)C(Cc1ccccc1)NC(=O)C(N)Cc1ccccc1)C(=O)NC(CCCCN)C(=O)N1CCC(N)(C(=O)O)CC1. The molecule has 2 aromatic carbocycles. The van der Waals surface area contributed by atoms with Crippen LogP contribution in [0.1, 0.15) is 63.5 Å². The maximum atomic E-state index is 13.9. The summed E-state index contributed by atoms with van der Waals surface area (Å²) in [6, 6.07) is 14.7. The summed E-state index contributed by atoms with van der Waals surface area (Å²) < 4.78 is 0. The van der Waals surface area contributed by atoms with Crippen molar-refractivity contribution < 1.29 is 29.1 Å². The molecule has 49 heavy (non-hydrogen) atoms. The number of carbonyl (C=O) groups excluding carboxylic acids is 4. The van der Waals surface area contributed by atoms with Gasteiger partial charge in [-0.15, -0.1) is 0 Å². The van der Waals surface area contributed by atoms with Crippen molar-refractivity contribution in [1.82, 2.24) is 20.9 Å². The van der Waals surface area contributed by atoms with Crippen LogP contribution in [0.15, 0.2) is 60.7 Å². The van der Waals surface area contributed by atoms with E-state index in [1.54, 1.807) is 0 Å². The van der Waals surface area contributed by atoms with Crippen molar-refractivity contribution in [2.45, 2.75) is 94.9 Å². The molecule has 1 saturated heterocycles. The Labute approximate surface area is 288 Å². The first-order valence-electron chi connectivity index (χ1n) is 17.1. The zero-order valence-corrected chi connectivity index (χ0v) is 28.6. The second-order valence-corrected chi connectivity index (χ2v) is 13.4. The molecule has 1 fully saturated rings. The maximum absolute atomic E-state index is 13.9. The molecule has 3 unspecified atom stereocenters. The van der Waals surface area contributed by atoms with Crippen molar-refractivity contribution >= 4 is 29.6 Å². The van der Waals surface area contributed by atoms with Gasteiger partial charge in [0.25, 0.3) is 0 Å². The molecule has 10 N–H and O–H groups in total. The Morgan fingerprint density at radius 1 is 0.776 bits per heavy atom. The summed E-state index contributed by atoms with van der Waals surface area (Å²) in [4.78, 5) is 67.7. The Balaban J connectivity index is 1.77. The van der Waals surface area contributed by atoms with Gasteiger partial charge in [0, 0.05) is 19.5 Å². The fourth-order valence-corrected chi connectivity index (χ4v) is 5.86. The van der Waals surface area contributed by atoms with Crippen molar-refractivity contribution in [1.29, 1.82) is 0 Å². The number of hydrogen-bond donors (Lipinski definition) is 7. The molecule has 0 saturated carbocycles. The number of carbonyl (C=O) groups is 5. The molecular formula is C36H53N7O6. The third kappa shape index (κ3) is 12.3. The standard InChI is InChI=1S/C36H53N7O6/c1-24(2)21-29(32(45)40-28(15-9-10-18-37)34(47)43-19-16-36(39,17-20-43)35(48)49)42-33(46)30(23-26-13-7-4-8-14-26)41-31(44)27(38)22-25-11-5-3-6-12-25/h3-8,11-14,24,27-30H,9-10,15-23,37-39H2,1-2H3,(H,40,45)(H,41,44)(H,42,46)(H,48,49)/t27?,28?,29-,30?/m1/s1. The zero-order chi connectivity index (χ0) is 36.0. The quantitative estimate of drug-likeness (QED) is 0.111. The Kier molecular flexibility index (Phi) is 15.2. The highest BCUT2D eigenvalue weighted by Crippen LogP contribution is 2.21. The van der Waals surface area contributed by atoms with E-state index in [1.807, 2.05) is 74.5 Å². The average Bonchev–Trinajstić information content (AvgIpc) is 3.07. The molecule has 0 spiro atoms. The molecule has 13 heteroatoms. The van der Waals surface area contributed by atoms with E-state index in [-0.39, 0.29) is 57.0 Å². The van der Waals surface area contributed by atoms with E-state index < -0.39 is 53.4 Å². The van der Waals surface area contributed by atoms with Gasteiger partial charge in [-0.2, -0.15) is 0 Å². The maximum Gasteiger partial charge on any atom is 0.323 e. The Morgan fingerprint density at radius 3 is 1.82 bits per heavy atom. The minimum absolute atomic E-state index is 0.000286. The van der Waals surface area contributed by atoms with Gasteiger partial charge in [-0.05, 0) is 68.5 Å². The van der Waals surface area contributed by atoms with Crippen LogP contribution in [0.3, 0.4) is 0 Å². The van der Waals surface area contributed by atoms with Crippen LogP contribution < -0.4 is 33.2 Å². The summed E-state index contributed by atoms with van der Waals surface area (Å²) in [5.74, 6) is -3.04. The minimum Gasteiger partial charge on any atom is -0.480 e. The number of rotatable bonds is 18. The van der Waals surface area contributed by atoms with E-state index in [2.05, 4.69) is 16.0 Å². The zero-order valence-electron chi connectivity index (χ0n) is 28.6. The number of likely N-dealkylation sites (tertiary alicyclic amines) is 1. The summed E-state index contributed by atoms with van der Waals surface area (Å²) in [6.45, 7) is 4.53. The van der Waals surface area contributed by atoms with Gasteiger partial charge in [-0.25, -0.2) is 0 Å².